The van der Waals surface area contributed by atoms with E-state index in [1.54, 1.807) is 25.1 Å². The number of carbonyl (C=O) groups is 3. The first-order chi connectivity index (χ1) is 22.8. The van der Waals surface area contributed by atoms with Gasteiger partial charge in [0.2, 0.25) is 0 Å². The molecule has 9 heteroatoms. The number of benzene rings is 4. The zero-order valence-electron chi connectivity index (χ0n) is 27.2. The molecule has 242 valence electrons. The van der Waals surface area contributed by atoms with Crippen LogP contribution in [0.25, 0.3) is 11.0 Å². The summed E-state index contributed by atoms with van der Waals surface area (Å²) in [5.41, 5.74) is 6.24. The number of carbonyl (C=O) groups excluding carboxylic acids is 3. The van der Waals surface area contributed by atoms with Crippen LogP contribution in [0.2, 0.25) is 0 Å². The van der Waals surface area contributed by atoms with E-state index in [2.05, 4.69) is 16.8 Å². The molecule has 1 aromatic heterocycles. The summed E-state index contributed by atoms with van der Waals surface area (Å²) < 4.78 is 6.94. The Morgan fingerprint density at radius 2 is 1.53 bits per heavy atom. The number of hydroxylamine groups is 2. The molecule has 0 aliphatic heterocycles. The van der Waals surface area contributed by atoms with E-state index in [4.69, 9.17) is 14.6 Å². The van der Waals surface area contributed by atoms with Gasteiger partial charge >= 0.3 is 5.97 Å². The van der Waals surface area contributed by atoms with E-state index in [1.807, 2.05) is 85.8 Å². The molecule has 0 unspecified atom stereocenters. The quantitative estimate of drug-likeness (QED) is 0.119. The Morgan fingerprint density at radius 1 is 0.872 bits per heavy atom. The molecule has 1 N–H and O–H groups in total. The number of aromatic nitrogens is 2. The topological polar surface area (TPSA) is 103 Å². The van der Waals surface area contributed by atoms with Crippen LogP contribution in [0.15, 0.2) is 97.1 Å². The molecular weight excluding hydrogens is 592 g/mol. The number of nitrogens with one attached hydrogen (secondary N) is 1. The van der Waals surface area contributed by atoms with Crippen molar-refractivity contribution in [1.82, 2.24) is 19.9 Å². The van der Waals surface area contributed by atoms with Crippen molar-refractivity contribution in [1.29, 1.82) is 0 Å². The summed E-state index contributed by atoms with van der Waals surface area (Å²) in [6.45, 7) is 6.66. The first-order valence-corrected chi connectivity index (χ1v) is 15.8. The molecule has 0 fully saturated rings. The highest BCUT2D eigenvalue weighted by molar-refractivity contribution is 6.00. The maximum atomic E-state index is 13.7. The summed E-state index contributed by atoms with van der Waals surface area (Å²) in [6, 6.07) is 29.3. The number of hydrogen-bond donors (Lipinski definition) is 1. The number of imidazole rings is 1. The van der Waals surface area contributed by atoms with Gasteiger partial charge in [0.05, 0.1) is 30.3 Å². The Morgan fingerprint density at radius 3 is 2.17 bits per heavy atom. The highest BCUT2D eigenvalue weighted by Gasteiger charge is 2.25. The van der Waals surface area contributed by atoms with Gasteiger partial charge in [-0.2, -0.15) is 0 Å². The van der Waals surface area contributed by atoms with Crippen LogP contribution < -0.4 is 5.32 Å². The second-order valence-corrected chi connectivity index (χ2v) is 11.5. The largest absolute Gasteiger partial charge is 0.465 e. The van der Waals surface area contributed by atoms with Crippen molar-refractivity contribution >= 4 is 28.8 Å². The second-order valence-electron chi connectivity index (χ2n) is 11.5. The lowest BCUT2D eigenvalue weighted by Gasteiger charge is -2.25. The van der Waals surface area contributed by atoms with E-state index >= 15 is 0 Å². The van der Waals surface area contributed by atoms with E-state index in [-0.39, 0.29) is 30.9 Å². The van der Waals surface area contributed by atoms with Crippen molar-refractivity contribution in [3.8, 4) is 0 Å². The standard InChI is InChI=1S/C38H40N4O5/c1-5-12-34-40-35-26(2)21-32(22-33(35)41(34)23-29-17-19-31(20-18-29)38(45)46-4)36(43)39-27(3)37(44)42(24-28-13-8-6-9-14-28)47-25-30-15-10-7-11-16-30/h6-11,13-22,27H,5,12,23-25H2,1-4H3,(H,39,43)/t27-/m1/s1. The first-order valence-electron chi connectivity index (χ1n) is 15.8. The number of methoxy groups -OCH3 is 1. The normalized spacial score (nSPS) is 11.7. The fourth-order valence-corrected chi connectivity index (χ4v) is 5.43. The van der Waals surface area contributed by atoms with Gasteiger partial charge in [-0.25, -0.2) is 14.8 Å². The monoisotopic (exact) mass is 632 g/mol. The number of rotatable bonds is 13. The van der Waals surface area contributed by atoms with Crippen LogP contribution in [-0.4, -0.2) is 45.5 Å². The maximum Gasteiger partial charge on any atom is 0.337 e. The number of ether oxygens (including phenoxy) is 1. The average Bonchev–Trinajstić information content (AvgIpc) is 3.44. The predicted molar refractivity (Wildman–Crippen MR) is 180 cm³/mol. The molecule has 0 saturated heterocycles. The molecule has 1 atom stereocenters. The van der Waals surface area contributed by atoms with Crippen LogP contribution in [0.3, 0.4) is 0 Å². The highest BCUT2D eigenvalue weighted by atomic mass is 16.7. The third kappa shape index (κ3) is 8.12. The Labute approximate surface area is 275 Å². The molecular formula is C38H40N4O5. The van der Waals surface area contributed by atoms with Gasteiger partial charge in [0.15, 0.2) is 0 Å². The molecule has 5 rings (SSSR count). The highest BCUT2D eigenvalue weighted by Crippen LogP contribution is 2.25. The van der Waals surface area contributed by atoms with Gasteiger partial charge in [-0.05, 0) is 66.8 Å². The molecule has 0 bridgehead atoms. The lowest BCUT2D eigenvalue weighted by atomic mass is 10.1. The number of amides is 2. The Balaban J connectivity index is 1.37. The Hall–Kier alpha value is -5.28. The van der Waals surface area contributed by atoms with Crippen LogP contribution in [0, 0.1) is 6.92 Å². The summed E-state index contributed by atoms with van der Waals surface area (Å²) in [7, 11) is 1.36. The second kappa shape index (κ2) is 15.3. The summed E-state index contributed by atoms with van der Waals surface area (Å²) in [5, 5.41) is 4.21. The molecule has 0 spiro atoms. The van der Waals surface area contributed by atoms with Crippen molar-refractivity contribution in [2.75, 3.05) is 7.11 Å². The van der Waals surface area contributed by atoms with Gasteiger partial charge in [-0.1, -0.05) is 79.7 Å². The van der Waals surface area contributed by atoms with E-state index in [0.717, 1.165) is 52.0 Å². The van der Waals surface area contributed by atoms with E-state index in [9.17, 15) is 14.4 Å². The minimum atomic E-state index is -0.855. The van der Waals surface area contributed by atoms with Crippen molar-refractivity contribution in [2.45, 2.75) is 59.4 Å². The number of aryl methyl sites for hydroxylation is 2. The third-order valence-corrected chi connectivity index (χ3v) is 7.94. The molecule has 9 nitrogen and oxygen atoms in total. The molecule has 1 heterocycles. The van der Waals surface area contributed by atoms with Crippen molar-refractivity contribution in [3.05, 3.63) is 136 Å². The Bertz CT molecular complexity index is 1840. The molecule has 0 aliphatic carbocycles. The SMILES string of the molecule is CCCc1nc2c(C)cc(C(=O)N[C@H](C)C(=O)N(Cc3ccccc3)OCc3ccccc3)cc2n1Cc1ccc(C(=O)OC)cc1. The summed E-state index contributed by atoms with van der Waals surface area (Å²) in [5.74, 6) is -0.204. The average molecular weight is 633 g/mol. The molecule has 4 aromatic carbocycles. The summed E-state index contributed by atoms with van der Waals surface area (Å²) in [6.07, 6.45) is 1.67. The Kier molecular flexibility index (Phi) is 10.8. The van der Waals surface area contributed by atoms with Gasteiger partial charge in [-0.3, -0.25) is 14.4 Å². The fraction of sp³-hybridized carbons (Fsp3) is 0.263. The van der Waals surface area contributed by atoms with Gasteiger partial charge in [0.25, 0.3) is 11.8 Å². The van der Waals surface area contributed by atoms with Crippen LogP contribution in [0.4, 0.5) is 0 Å². The molecule has 47 heavy (non-hydrogen) atoms. The molecule has 5 aromatic rings. The number of hydrogen-bond acceptors (Lipinski definition) is 6. The van der Waals surface area contributed by atoms with Crippen LogP contribution in [0.1, 0.15) is 69.1 Å². The van der Waals surface area contributed by atoms with Gasteiger partial charge in [-0.15, -0.1) is 0 Å². The molecule has 0 saturated carbocycles. The fourth-order valence-electron chi connectivity index (χ4n) is 5.43. The molecule has 0 radical (unpaired) electrons. The zero-order valence-corrected chi connectivity index (χ0v) is 27.2. The van der Waals surface area contributed by atoms with Crippen LogP contribution >= 0.6 is 0 Å². The van der Waals surface area contributed by atoms with Gasteiger partial charge in [0, 0.05) is 18.5 Å². The van der Waals surface area contributed by atoms with E-state index in [0.29, 0.717) is 17.7 Å². The predicted octanol–water partition coefficient (Wildman–Crippen LogP) is 6.41. The zero-order chi connectivity index (χ0) is 33.3. The summed E-state index contributed by atoms with van der Waals surface area (Å²) >= 11 is 0. The van der Waals surface area contributed by atoms with E-state index < -0.39 is 6.04 Å². The minimum absolute atomic E-state index is 0.214. The molecule has 2 amide bonds. The molecule has 0 aliphatic rings. The number of esters is 1. The smallest absolute Gasteiger partial charge is 0.337 e. The van der Waals surface area contributed by atoms with Crippen molar-refractivity contribution in [3.63, 3.8) is 0 Å². The number of nitrogens with zero attached hydrogens (tertiary/aromatic N) is 3. The third-order valence-electron chi connectivity index (χ3n) is 7.94. The number of fused-ring (bicyclic) bond motifs is 1. The first kappa shape index (κ1) is 33.1. The van der Waals surface area contributed by atoms with Gasteiger partial charge in [0.1, 0.15) is 18.5 Å². The van der Waals surface area contributed by atoms with Gasteiger partial charge < -0.3 is 14.6 Å². The lowest BCUT2D eigenvalue weighted by Crippen LogP contribution is -2.46. The van der Waals surface area contributed by atoms with Crippen LogP contribution in [-0.2, 0) is 40.5 Å². The minimum Gasteiger partial charge on any atom is -0.465 e. The van der Waals surface area contributed by atoms with E-state index in [1.165, 1.54) is 12.2 Å². The maximum absolute atomic E-state index is 13.7. The van der Waals surface area contributed by atoms with Crippen LogP contribution in [0.5, 0.6) is 0 Å². The van der Waals surface area contributed by atoms with Crippen molar-refractivity contribution < 1.29 is 24.0 Å². The lowest BCUT2D eigenvalue weighted by molar-refractivity contribution is -0.197. The van der Waals surface area contributed by atoms with Crippen molar-refractivity contribution in [2.24, 2.45) is 0 Å². The summed E-state index contributed by atoms with van der Waals surface area (Å²) in [4.78, 5) is 50.2.